The first-order valence-electron chi connectivity index (χ1n) is 7.95. The van der Waals surface area contributed by atoms with E-state index in [0.29, 0.717) is 29.2 Å². The van der Waals surface area contributed by atoms with Crippen molar-refractivity contribution in [2.75, 3.05) is 26.3 Å². The molecule has 0 unspecified atom stereocenters. The van der Waals surface area contributed by atoms with Gasteiger partial charge in [0, 0.05) is 36.1 Å². The van der Waals surface area contributed by atoms with Gasteiger partial charge in [-0.05, 0) is 32.0 Å². The van der Waals surface area contributed by atoms with Crippen molar-refractivity contribution in [2.24, 2.45) is 0 Å². The standard InChI is InChI=1S/C17H22FN3O2/c1-11(21-6-7-23-10-12(21)2)9-19-17(22)16-8-13-14(18)4-3-5-15(13)20-16/h3-5,8,11-12,20H,6-7,9-10H2,1-2H3,(H,19,22)/t11-,12-/m0/s1. The molecule has 3 rings (SSSR count). The highest BCUT2D eigenvalue weighted by Crippen LogP contribution is 2.18. The molecule has 5 nitrogen and oxygen atoms in total. The lowest BCUT2D eigenvalue weighted by molar-refractivity contribution is -0.0178. The Labute approximate surface area is 134 Å². The summed E-state index contributed by atoms with van der Waals surface area (Å²) in [6.45, 7) is 7.07. The van der Waals surface area contributed by atoms with Crippen molar-refractivity contribution >= 4 is 16.8 Å². The monoisotopic (exact) mass is 319 g/mol. The number of carbonyl (C=O) groups is 1. The maximum atomic E-state index is 13.7. The highest BCUT2D eigenvalue weighted by molar-refractivity contribution is 5.98. The average molecular weight is 319 g/mol. The van der Waals surface area contributed by atoms with Crippen molar-refractivity contribution in [3.63, 3.8) is 0 Å². The van der Waals surface area contributed by atoms with Crippen LogP contribution in [-0.2, 0) is 4.74 Å². The molecule has 6 heteroatoms. The van der Waals surface area contributed by atoms with Gasteiger partial charge in [-0.15, -0.1) is 0 Å². The van der Waals surface area contributed by atoms with E-state index in [0.717, 1.165) is 19.8 Å². The number of halogens is 1. The van der Waals surface area contributed by atoms with Crippen LogP contribution in [0.25, 0.3) is 10.9 Å². The zero-order chi connectivity index (χ0) is 16.4. The summed E-state index contributed by atoms with van der Waals surface area (Å²) in [6, 6.07) is 6.89. The number of benzene rings is 1. The van der Waals surface area contributed by atoms with Gasteiger partial charge in [0.05, 0.1) is 13.2 Å². The van der Waals surface area contributed by atoms with Crippen molar-refractivity contribution in [2.45, 2.75) is 25.9 Å². The summed E-state index contributed by atoms with van der Waals surface area (Å²) in [5.74, 6) is -0.540. The molecule has 2 heterocycles. The SMILES string of the molecule is C[C@@H](CNC(=O)c1cc2c(F)cccc2[nH]1)N1CCOC[C@@H]1C. The van der Waals surface area contributed by atoms with E-state index in [1.807, 2.05) is 0 Å². The van der Waals surface area contributed by atoms with E-state index >= 15 is 0 Å². The van der Waals surface area contributed by atoms with Gasteiger partial charge in [-0.1, -0.05) is 6.07 Å². The number of morpholine rings is 1. The summed E-state index contributed by atoms with van der Waals surface area (Å²) in [4.78, 5) is 17.6. The van der Waals surface area contributed by atoms with Crippen LogP contribution in [0.1, 0.15) is 24.3 Å². The van der Waals surface area contributed by atoms with Crippen molar-refractivity contribution in [3.8, 4) is 0 Å². The van der Waals surface area contributed by atoms with Gasteiger partial charge in [-0.2, -0.15) is 0 Å². The number of ether oxygens (including phenoxy) is 1. The molecule has 0 aliphatic carbocycles. The van der Waals surface area contributed by atoms with Crippen molar-refractivity contribution in [1.29, 1.82) is 0 Å². The summed E-state index contributed by atoms with van der Waals surface area (Å²) in [7, 11) is 0. The van der Waals surface area contributed by atoms with E-state index in [1.165, 1.54) is 6.07 Å². The topological polar surface area (TPSA) is 57.4 Å². The second-order valence-corrected chi connectivity index (χ2v) is 6.10. The number of H-pyrrole nitrogens is 1. The number of nitrogens with zero attached hydrogens (tertiary/aromatic N) is 1. The second-order valence-electron chi connectivity index (χ2n) is 6.10. The molecular formula is C17H22FN3O2. The number of fused-ring (bicyclic) bond motifs is 1. The minimum absolute atomic E-state index is 0.214. The lowest BCUT2D eigenvalue weighted by Gasteiger charge is -2.37. The van der Waals surface area contributed by atoms with Crippen molar-refractivity contribution < 1.29 is 13.9 Å². The third-order valence-electron chi connectivity index (χ3n) is 4.40. The minimum atomic E-state index is -0.326. The zero-order valence-electron chi connectivity index (χ0n) is 13.4. The van der Waals surface area contributed by atoms with Crippen LogP contribution < -0.4 is 5.32 Å². The maximum absolute atomic E-state index is 13.7. The molecule has 0 radical (unpaired) electrons. The fraction of sp³-hybridized carbons (Fsp3) is 0.471. The summed E-state index contributed by atoms with van der Waals surface area (Å²) in [6.07, 6.45) is 0. The van der Waals surface area contributed by atoms with Gasteiger partial charge in [0.2, 0.25) is 0 Å². The molecule has 1 fully saturated rings. The van der Waals surface area contributed by atoms with Crippen molar-refractivity contribution in [1.82, 2.24) is 15.2 Å². The maximum Gasteiger partial charge on any atom is 0.267 e. The molecular weight excluding hydrogens is 297 g/mol. The van der Waals surface area contributed by atoms with Crippen LogP contribution in [0.4, 0.5) is 4.39 Å². The molecule has 2 aromatic rings. The number of amides is 1. The van der Waals surface area contributed by atoms with Crippen LogP contribution in [0.2, 0.25) is 0 Å². The zero-order valence-corrected chi connectivity index (χ0v) is 13.4. The predicted molar refractivity (Wildman–Crippen MR) is 87.0 cm³/mol. The van der Waals surface area contributed by atoms with E-state index in [1.54, 1.807) is 18.2 Å². The lowest BCUT2D eigenvalue weighted by Crippen LogP contribution is -2.51. The Hall–Kier alpha value is -1.92. The van der Waals surface area contributed by atoms with E-state index in [9.17, 15) is 9.18 Å². The molecule has 0 bridgehead atoms. The summed E-state index contributed by atoms with van der Waals surface area (Å²) < 4.78 is 19.1. The van der Waals surface area contributed by atoms with Crippen LogP contribution >= 0.6 is 0 Å². The number of rotatable bonds is 4. The van der Waals surface area contributed by atoms with Crippen molar-refractivity contribution in [3.05, 3.63) is 35.8 Å². The molecule has 1 aromatic carbocycles. The fourth-order valence-corrected chi connectivity index (χ4v) is 3.09. The van der Waals surface area contributed by atoms with Gasteiger partial charge in [-0.3, -0.25) is 9.69 Å². The first-order valence-corrected chi connectivity index (χ1v) is 7.95. The van der Waals surface area contributed by atoms with E-state index in [4.69, 9.17) is 4.74 Å². The van der Waals surface area contributed by atoms with Gasteiger partial charge in [0.25, 0.3) is 5.91 Å². The normalized spacial score (nSPS) is 20.6. The van der Waals surface area contributed by atoms with E-state index in [2.05, 4.69) is 29.0 Å². The Morgan fingerprint density at radius 1 is 1.57 bits per heavy atom. The molecule has 1 aromatic heterocycles. The predicted octanol–water partition coefficient (Wildman–Crippen LogP) is 2.15. The average Bonchev–Trinajstić information content (AvgIpc) is 2.98. The second kappa shape index (κ2) is 6.68. The highest BCUT2D eigenvalue weighted by atomic mass is 19.1. The molecule has 1 saturated heterocycles. The molecule has 23 heavy (non-hydrogen) atoms. The van der Waals surface area contributed by atoms with Gasteiger partial charge in [-0.25, -0.2) is 4.39 Å². The van der Waals surface area contributed by atoms with Crippen LogP contribution in [0.3, 0.4) is 0 Å². The van der Waals surface area contributed by atoms with E-state index < -0.39 is 0 Å². The van der Waals surface area contributed by atoms with Crippen LogP contribution in [0.15, 0.2) is 24.3 Å². The van der Waals surface area contributed by atoms with Crippen LogP contribution in [-0.4, -0.2) is 54.2 Å². The summed E-state index contributed by atoms with van der Waals surface area (Å²) in [5, 5.41) is 3.36. The van der Waals surface area contributed by atoms with Crippen LogP contribution in [0.5, 0.6) is 0 Å². The Balaban J connectivity index is 1.63. The molecule has 1 aliphatic rings. The van der Waals surface area contributed by atoms with Gasteiger partial charge in [0.1, 0.15) is 11.5 Å². The Morgan fingerprint density at radius 3 is 3.13 bits per heavy atom. The number of hydrogen-bond donors (Lipinski definition) is 2. The van der Waals surface area contributed by atoms with E-state index in [-0.39, 0.29) is 17.8 Å². The number of aromatic amines is 1. The first kappa shape index (κ1) is 16.0. The highest BCUT2D eigenvalue weighted by Gasteiger charge is 2.24. The van der Waals surface area contributed by atoms with Gasteiger partial charge in [0.15, 0.2) is 0 Å². The molecule has 0 spiro atoms. The third kappa shape index (κ3) is 3.38. The molecule has 0 saturated carbocycles. The Bertz CT molecular complexity index is 700. The number of aromatic nitrogens is 1. The molecule has 1 aliphatic heterocycles. The Kier molecular flexibility index (Phi) is 4.63. The largest absolute Gasteiger partial charge is 0.379 e. The lowest BCUT2D eigenvalue weighted by atomic mass is 10.2. The third-order valence-corrected chi connectivity index (χ3v) is 4.40. The van der Waals surface area contributed by atoms with Gasteiger partial charge < -0.3 is 15.0 Å². The minimum Gasteiger partial charge on any atom is -0.379 e. The summed E-state index contributed by atoms with van der Waals surface area (Å²) >= 11 is 0. The Morgan fingerprint density at radius 2 is 2.39 bits per heavy atom. The first-order chi connectivity index (χ1) is 11.1. The number of hydrogen-bond acceptors (Lipinski definition) is 3. The fourth-order valence-electron chi connectivity index (χ4n) is 3.09. The van der Waals surface area contributed by atoms with Crippen LogP contribution in [0, 0.1) is 5.82 Å². The van der Waals surface area contributed by atoms with Gasteiger partial charge >= 0.3 is 0 Å². The molecule has 2 N–H and O–H groups in total. The summed E-state index contributed by atoms with van der Waals surface area (Å²) in [5.41, 5.74) is 1.01. The molecule has 124 valence electrons. The number of carbonyl (C=O) groups excluding carboxylic acids is 1. The molecule has 1 amide bonds. The molecule has 2 atom stereocenters. The smallest absolute Gasteiger partial charge is 0.267 e. The number of nitrogens with one attached hydrogen (secondary N) is 2. The quantitative estimate of drug-likeness (QED) is 0.908.